The van der Waals surface area contributed by atoms with Crippen LogP contribution in [-0.2, 0) is 0 Å². The molecule has 5 heteroatoms. The molecule has 5 nitrogen and oxygen atoms in total. The van der Waals surface area contributed by atoms with Crippen molar-refractivity contribution >= 4 is 18.1 Å². The lowest BCUT2D eigenvalue weighted by atomic mass is 10.1. The van der Waals surface area contributed by atoms with Crippen molar-refractivity contribution in [3.8, 4) is 11.3 Å². The van der Waals surface area contributed by atoms with Crippen LogP contribution in [0.4, 0.5) is 5.82 Å². The Morgan fingerprint density at radius 3 is 2.75 bits per heavy atom. The molecule has 0 spiro atoms. The minimum Gasteiger partial charge on any atom is -0.266 e. The average molecular weight is 211 g/mol. The molecule has 2 heterocycles. The first-order chi connectivity index (χ1) is 7.86. The van der Waals surface area contributed by atoms with Gasteiger partial charge < -0.3 is 0 Å². The molecule has 0 unspecified atom stereocenters. The van der Waals surface area contributed by atoms with E-state index in [1.165, 1.54) is 6.34 Å². The monoisotopic (exact) mass is 211 g/mol. The van der Waals surface area contributed by atoms with Gasteiger partial charge in [-0.1, -0.05) is 30.3 Å². The van der Waals surface area contributed by atoms with Crippen LogP contribution >= 0.6 is 0 Å². The highest BCUT2D eigenvalue weighted by Crippen LogP contribution is 2.29. The van der Waals surface area contributed by atoms with E-state index in [0.717, 1.165) is 5.56 Å². The van der Waals surface area contributed by atoms with Gasteiger partial charge in [0.1, 0.15) is 17.6 Å². The number of amides is 1. The molecule has 16 heavy (non-hydrogen) atoms. The van der Waals surface area contributed by atoms with Gasteiger partial charge in [0, 0.05) is 5.56 Å². The van der Waals surface area contributed by atoms with Crippen LogP contribution in [0.2, 0.25) is 0 Å². The van der Waals surface area contributed by atoms with Crippen molar-refractivity contribution in [3.63, 3.8) is 0 Å². The summed E-state index contributed by atoms with van der Waals surface area (Å²) in [7, 11) is 0. The Morgan fingerprint density at radius 2 is 1.94 bits per heavy atom. The van der Waals surface area contributed by atoms with E-state index in [-0.39, 0.29) is 5.91 Å². The topological polar surface area (TPSA) is 72.2 Å². The molecule has 0 fully saturated rings. The Hall–Kier alpha value is -2.43. The van der Waals surface area contributed by atoms with E-state index in [1.54, 1.807) is 0 Å². The number of rotatable bonds is 1. The predicted molar refractivity (Wildman–Crippen MR) is 58.6 cm³/mol. The van der Waals surface area contributed by atoms with E-state index < -0.39 is 0 Å². The SMILES string of the molecule is O=C1[N]C=Nc2[nH]nc(-c3ccccc3)c21. The summed E-state index contributed by atoms with van der Waals surface area (Å²) in [5.74, 6) is 0.163. The summed E-state index contributed by atoms with van der Waals surface area (Å²) >= 11 is 0. The molecule has 3 rings (SSSR count). The Labute approximate surface area is 91.2 Å². The van der Waals surface area contributed by atoms with Crippen LogP contribution in [0.25, 0.3) is 11.3 Å². The van der Waals surface area contributed by atoms with Crippen molar-refractivity contribution < 1.29 is 4.79 Å². The maximum atomic E-state index is 11.6. The van der Waals surface area contributed by atoms with Gasteiger partial charge in [-0.2, -0.15) is 10.4 Å². The summed E-state index contributed by atoms with van der Waals surface area (Å²) in [6.45, 7) is 0. The lowest BCUT2D eigenvalue weighted by Gasteiger charge is -2.03. The molecule has 0 aliphatic carbocycles. The third-order valence-corrected chi connectivity index (χ3v) is 2.37. The van der Waals surface area contributed by atoms with E-state index in [2.05, 4.69) is 20.5 Å². The number of hydrogen-bond acceptors (Lipinski definition) is 3. The first-order valence-electron chi connectivity index (χ1n) is 4.78. The van der Waals surface area contributed by atoms with Crippen molar-refractivity contribution in [2.24, 2.45) is 4.99 Å². The van der Waals surface area contributed by atoms with Gasteiger partial charge in [-0.3, -0.25) is 9.89 Å². The summed E-state index contributed by atoms with van der Waals surface area (Å²) in [5.41, 5.74) is 1.91. The molecule has 0 bridgehead atoms. The molecule has 1 amide bonds. The number of nitrogens with one attached hydrogen (secondary N) is 1. The van der Waals surface area contributed by atoms with Crippen molar-refractivity contribution in [2.75, 3.05) is 0 Å². The lowest BCUT2D eigenvalue weighted by Crippen LogP contribution is -2.17. The zero-order chi connectivity index (χ0) is 11.0. The molecule has 1 aliphatic rings. The first kappa shape index (κ1) is 8.84. The van der Waals surface area contributed by atoms with Gasteiger partial charge in [-0.15, -0.1) is 0 Å². The van der Waals surface area contributed by atoms with Crippen LogP contribution in [0.5, 0.6) is 0 Å². The molecule has 1 N–H and O–H groups in total. The summed E-state index contributed by atoms with van der Waals surface area (Å²) in [6.07, 6.45) is 1.23. The third kappa shape index (κ3) is 1.22. The van der Waals surface area contributed by atoms with Crippen LogP contribution in [0, 0.1) is 0 Å². The maximum absolute atomic E-state index is 11.6. The van der Waals surface area contributed by atoms with Crippen LogP contribution in [-0.4, -0.2) is 22.4 Å². The predicted octanol–water partition coefficient (Wildman–Crippen LogP) is 1.49. The fraction of sp³-hybridized carbons (Fsp3) is 0. The zero-order valence-electron chi connectivity index (χ0n) is 8.21. The van der Waals surface area contributed by atoms with Crippen LogP contribution in [0.15, 0.2) is 35.3 Å². The minimum atomic E-state index is -0.308. The van der Waals surface area contributed by atoms with E-state index in [9.17, 15) is 4.79 Å². The quantitative estimate of drug-likeness (QED) is 0.776. The van der Waals surface area contributed by atoms with Crippen LogP contribution in [0.3, 0.4) is 0 Å². The molecule has 0 saturated carbocycles. The molecular formula is C11H7N4O. The second kappa shape index (κ2) is 3.30. The van der Waals surface area contributed by atoms with Gasteiger partial charge in [0.2, 0.25) is 0 Å². The van der Waals surface area contributed by atoms with Gasteiger partial charge in [0.15, 0.2) is 5.82 Å². The summed E-state index contributed by atoms with van der Waals surface area (Å²) < 4.78 is 0. The number of hydrogen-bond donors (Lipinski definition) is 1. The highest BCUT2D eigenvalue weighted by atomic mass is 16.1. The number of H-pyrrole nitrogens is 1. The van der Waals surface area contributed by atoms with Gasteiger partial charge in [0.25, 0.3) is 5.91 Å². The molecule has 1 aromatic heterocycles. The fourth-order valence-electron chi connectivity index (χ4n) is 1.64. The Bertz CT molecular complexity index is 571. The number of carbonyl (C=O) groups is 1. The smallest absolute Gasteiger partial charge is 0.266 e. The van der Waals surface area contributed by atoms with Crippen molar-refractivity contribution in [1.82, 2.24) is 15.5 Å². The van der Waals surface area contributed by atoms with E-state index in [4.69, 9.17) is 0 Å². The van der Waals surface area contributed by atoms with Gasteiger partial charge in [0.05, 0.1) is 0 Å². The summed E-state index contributed by atoms with van der Waals surface area (Å²) in [4.78, 5) is 15.6. The summed E-state index contributed by atoms with van der Waals surface area (Å²) in [5, 5.41) is 10.5. The number of carbonyl (C=O) groups excluding carboxylic acids is 1. The molecule has 0 saturated heterocycles. The van der Waals surface area contributed by atoms with E-state index in [0.29, 0.717) is 17.1 Å². The number of aliphatic imine (C=N–C) groups is 1. The van der Waals surface area contributed by atoms with E-state index >= 15 is 0 Å². The zero-order valence-corrected chi connectivity index (χ0v) is 8.21. The lowest BCUT2D eigenvalue weighted by molar-refractivity contribution is 0.0975. The van der Waals surface area contributed by atoms with Crippen molar-refractivity contribution in [3.05, 3.63) is 35.9 Å². The summed E-state index contributed by atoms with van der Waals surface area (Å²) in [6, 6.07) is 9.48. The maximum Gasteiger partial charge on any atom is 0.284 e. The Morgan fingerprint density at radius 1 is 1.12 bits per heavy atom. The normalized spacial score (nSPS) is 13.4. The third-order valence-electron chi connectivity index (χ3n) is 2.37. The van der Waals surface area contributed by atoms with Crippen molar-refractivity contribution in [2.45, 2.75) is 0 Å². The second-order valence-electron chi connectivity index (χ2n) is 3.34. The standard InChI is InChI=1S/C11H7N4O/c16-11-8-9(7-4-2-1-3-5-7)14-15-10(8)12-6-13-11/h1-6H,(H,14,15). The molecule has 1 aliphatic heterocycles. The molecule has 1 radical (unpaired) electrons. The highest BCUT2D eigenvalue weighted by Gasteiger charge is 2.24. The van der Waals surface area contributed by atoms with Gasteiger partial charge in [-0.25, -0.2) is 4.99 Å². The van der Waals surface area contributed by atoms with Crippen molar-refractivity contribution in [1.29, 1.82) is 0 Å². The number of nitrogens with zero attached hydrogens (tertiary/aromatic N) is 3. The second-order valence-corrected chi connectivity index (χ2v) is 3.34. The van der Waals surface area contributed by atoms with Crippen LogP contribution < -0.4 is 5.32 Å². The van der Waals surface area contributed by atoms with Gasteiger partial charge >= 0.3 is 0 Å². The molecule has 77 valence electrons. The highest BCUT2D eigenvalue weighted by molar-refractivity contribution is 6.10. The first-order valence-corrected chi connectivity index (χ1v) is 4.78. The largest absolute Gasteiger partial charge is 0.284 e. The van der Waals surface area contributed by atoms with E-state index in [1.807, 2.05) is 30.3 Å². The Kier molecular flexibility index (Phi) is 1.83. The molecule has 2 aromatic rings. The number of fused-ring (bicyclic) bond motifs is 1. The molecule has 0 atom stereocenters. The Balaban J connectivity index is 2.21. The minimum absolute atomic E-state index is 0.308. The number of aromatic nitrogens is 2. The average Bonchev–Trinajstić information content (AvgIpc) is 2.75. The molecule has 1 aromatic carbocycles. The molecular weight excluding hydrogens is 204 g/mol. The van der Waals surface area contributed by atoms with Gasteiger partial charge in [-0.05, 0) is 0 Å². The number of benzene rings is 1. The van der Waals surface area contributed by atoms with Crippen LogP contribution in [0.1, 0.15) is 10.4 Å². The number of aromatic amines is 1. The fourth-order valence-corrected chi connectivity index (χ4v) is 1.64.